The predicted molar refractivity (Wildman–Crippen MR) is 59.1 cm³/mol. The first-order chi connectivity index (χ1) is 7.11. The highest BCUT2D eigenvalue weighted by molar-refractivity contribution is 7.98. The number of carboxylic acid groups (broad SMARTS) is 1. The average Bonchev–Trinajstić information content (AvgIpc) is 2.20. The van der Waals surface area contributed by atoms with Crippen LogP contribution in [0.2, 0.25) is 0 Å². The number of hydrogen-bond donors (Lipinski definition) is 2. The molecule has 0 radical (unpaired) electrons. The number of nitrogens with one attached hydrogen (secondary N) is 1. The first-order valence-electron chi connectivity index (χ1n) is 4.70. The minimum Gasteiger partial charge on any atom is -0.480 e. The van der Waals surface area contributed by atoms with Gasteiger partial charge in [0.1, 0.15) is 12.6 Å². The summed E-state index contributed by atoms with van der Waals surface area (Å²) in [4.78, 5) is 21.9. The molecule has 0 saturated heterocycles. The summed E-state index contributed by atoms with van der Waals surface area (Å²) >= 11 is 1.55. The average molecular weight is 235 g/mol. The largest absolute Gasteiger partial charge is 0.480 e. The van der Waals surface area contributed by atoms with E-state index >= 15 is 0 Å². The standard InChI is InChI=1S/C9H17NO4S/c1-3-14-6-8(11)10-7(9(12)13)4-5-15-2/h7H,3-6H2,1-2H3,(H,10,11)(H,12,13). The van der Waals surface area contributed by atoms with Gasteiger partial charge in [-0.1, -0.05) is 0 Å². The molecule has 88 valence electrons. The second-order valence-electron chi connectivity index (χ2n) is 2.88. The molecule has 1 unspecified atom stereocenters. The van der Waals surface area contributed by atoms with Crippen LogP contribution in [-0.4, -0.2) is 48.2 Å². The van der Waals surface area contributed by atoms with Crippen molar-refractivity contribution in [2.24, 2.45) is 0 Å². The van der Waals surface area contributed by atoms with Gasteiger partial charge in [0.05, 0.1) is 0 Å². The van der Waals surface area contributed by atoms with Crippen molar-refractivity contribution in [3.8, 4) is 0 Å². The number of thioether (sulfide) groups is 1. The van der Waals surface area contributed by atoms with Gasteiger partial charge in [-0.05, 0) is 25.4 Å². The first kappa shape index (κ1) is 14.2. The van der Waals surface area contributed by atoms with Crippen molar-refractivity contribution in [1.82, 2.24) is 5.32 Å². The second-order valence-corrected chi connectivity index (χ2v) is 3.86. The maximum absolute atomic E-state index is 11.2. The summed E-state index contributed by atoms with van der Waals surface area (Å²) in [6.45, 7) is 2.13. The van der Waals surface area contributed by atoms with E-state index in [0.717, 1.165) is 0 Å². The third-order valence-corrected chi connectivity index (χ3v) is 2.33. The van der Waals surface area contributed by atoms with Gasteiger partial charge >= 0.3 is 5.97 Å². The van der Waals surface area contributed by atoms with E-state index in [-0.39, 0.29) is 12.5 Å². The fourth-order valence-corrected chi connectivity index (χ4v) is 1.40. The molecule has 0 heterocycles. The Labute approximate surface area is 93.6 Å². The Morgan fingerprint density at radius 2 is 2.20 bits per heavy atom. The van der Waals surface area contributed by atoms with E-state index in [1.807, 2.05) is 6.26 Å². The lowest BCUT2D eigenvalue weighted by molar-refractivity contribution is -0.142. The summed E-state index contributed by atoms with van der Waals surface area (Å²) in [5.74, 6) is -0.689. The summed E-state index contributed by atoms with van der Waals surface area (Å²) < 4.78 is 4.87. The Balaban J connectivity index is 3.93. The molecule has 0 spiro atoms. The third kappa shape index (κ3) is 7.21. The number of amides is 1. The maximum Gasteiger partial charge on any atom is 0.326 e. The number of rotatable bonds is 8. The van der Waals surface area contributed by atoms with Gasteiger partial charge in [0.15, 0.2) is 0 Å². The minimum absolute atomic E-state index is 0.0838. The van der Waals surface area contributed by atoms with Crippen LogP contribution in [-0.2, 0) is 14.3 Å². The lowest BCUT2D eigenvalue weighted by atomic mass is 10.2. The SMILES string of the molecule is CCOCC(=O)NC(CCSC)C(=O)O. The van der Waals surface area contributed by atoms with Crippen molar-refractivity contribution >= 4 is 23.6 Å². The van der Waals surface area contributed by atoms with E-state index < -0.39 is 12.0 Å². The Kier molecular flexibility index (Phi) is 8.12. The molecule has 0 rings (SSSR count). The van der Waals surface area contributed by atoms with E-state index in [1.54, 1.807) is 18.7 Å². The molecule has 0 fully saturated rings. The fraction of sp³-hybridized carbons (Fsp3) is 0.778. The highest BCUT2D eigenvalue weighted by atomic mass is 32.2. The summed E-state index contributed by atoms with van der Waals surface area (Å²) in [5, 5.41) is 11.2. The van der Waals surface area contributed by atoms with E-state index in [0.29, 0.717) is 18.8 Å². The van der Waals surface area contributed by atoms with Crippen molar-refractivity contribution < 1.29 is 19.4 Å². The van der Waals surface area contributed by atoms with Crippen LogP contribution in [0.3, 0.4) is 0 Å². The van der Waals surface area contributed by atoms with Crippen molar-refractivity contribution in [3.63, 3.8) is 0 Å². The fourth-order valence-electron chi connectivity index (χ4n) is 0.924. The molecule has 0 aliphatic rings. The minimum atomic E-state index is -1.01. The molecule has 0 aliphatic heterocycles. The lowest BCUT2D eigenvalue weighted by Crippen LogP contribution is -2.42. The van der Waals surface area contributed by atoms with Gasteiger partial charge in [-0.25, -0.2) is 4.79 Å². The second kappa shape index (κ2) is 8.55. The van der Waals surface area contributed by atoms with E-state index in [2.05, 4.69) is 5.32 Å². The number of carboxylic acids is 1. The predicted octanol–water partition coefficient (Wildman–Crippen LogP) is 0.345. The zero-order valence-electron chi connectivity index (χ0n) is 8.99. The van der Waals surface area contributed by atoms with Crippen LogP contribution in [0, 0.1) is 0 Å². The van der Waals surface area contributed by atoms with Gasteiger partial charge in [-0.15, -0.1) is 0 Å². The highest BCUT2D eigenvalue weighted by Gasteiger charge is 2.18. The van der Waals surface area contributed by atoms with Crippen LogP contribution in [0.15, 0.2) is 0 Å². The normalized spacial score (nSPS) is 12.1. The Morgan fingerprint density at radius 1 is 1.53 bits per heavy atom. The molecule has 5 nitrogen and oxygen atoms in total. The highest BCUT2D eigenvalue weighted by Crippen LogP contribution is 2.00. The molecular weight excluding hydrogens is 218 g/mol. The summed E-state index contributed by atoms with van der Waals surface area (Å²) in [6.07, 6.45) is 2.31. The monoisotopic (exact) mass is 235 g/mol. The van der Waals surface area contributed by atoms with Gasteiger partial charge in [0.25, 0.3) is 0 Å². The van der Waals surface area contributed by atoms with Gasteiger partial charge in [-0.3, -0.25) is 4.79 Å². The van der Waals surface area contributed by atoms with Crippen LogP contribution >= 0.6 is 11.8 Å². The quantitative estimate of drug-likeness (QED) is 0.634. The van der Waals surface area contributed by atoms with Crippen LogP contribution in [0.25, 0.3) is 0 Å². The zero-order valence-corrected chi connectivity index (χ0v) is 9.80. The van der Waals surface area contributed by atoms with E-state index in [4.69, 9.17) is 9.84 Å². The molecule has 1 atom stereocenters. The van der Waals surface area contributed by atoms with Crippen molar-refractivity contribution in [1.29, 1.82) is 0 Å². The van der Waals surface area contributed by atoms with Crippen LogP contribution < -0.4 is 5.32 Å². The van der Waals surface area contributed by atoms with Gasteiger partial charge < -0.3 is 15.2 Å². The molecule has 0 aliphatic carbocycles. The van der Waals surface area contributed by atoms with Crippen LogP contribution in [0.1, 0.15) is 13.3 Å². The lowest BCUT2D eigenvalue weighted by Gasteiger charge is -2.13. The topological polar surface area (TPSA) is 75.6 Å². The Bertz CT molecular complexity index is 210. The molecule has 0 bridgehead atoms. The molecule has 0 aromatic rings. The molecule has 2 N–H and O–H groups in total. The molecular formula is C9H17NO4S. The molecule has 0 aromatic carbocycles. The van der Waals surface area contributed by atoms with E-state index in [1.165, 1.54) is 0 Å². The van der Waals surface area contributed by atoms with Gasteiger partial charge in [0.2, 0.25) is 5.91 Å². The number of aliphatic carboxylic acids is 1. The number of hydrogen-bond acceptors (Lipinski definition) is 4. The Hall–Kier alpha value is -0.750. The maximum atomic E-state index is 11.2. The molecule has 0 saturated carbocycles. The number of carbonyl (C=O) groups excluding carboxylic acids is 1. The first-order valence-corrected chi connectivity index (χ1v) is 6.10. The number of ether oxygens (including phenoxy) is 1. The third-order valence-electron chi connectivity index (χ3n) is 1.68. The molecule has 6 heteroatoms. The molecule has 1 amide bonds. The van der Waals surface area contributed by atoms with Gasteiger partial charge in [0, 0.05) is 6.61 Å². The zero-order chi connectivity index (χ0) is 11.7. The van der Waals surface area contributed by atoms with Crippen molar-refractivity contribution in [3.05, 3.63) is 0 Å². The van der Waals surface area contributed by atoms with Crippen molar-refractivity contribution in [2.75, 3.05) is 25.2 Å². The van der Waals surface area contributed by atoms with Crippen molar-refractivity contribution in [2.45, 2.75) is 19.4 Å². The molecule has 15 heavy (non-hydrogen) atoms. The summed E-state index contributed by atoms with van der Waals surface area (Å²) in [6, 6.07) is -0.814. The number of carbonyl (C=O) groups is 2. The Morgan fingerprint density at radius 3 is 2.67 bits per heavy atom. The van der Waals surface area contributed by atoms with Gasteiger partial charge in [-0.2, -0.15) is 11.8 Å². The summed E-state index contributed by atoms with van der Waals surface area (Å²) in [5.41, 5.74) is 0. The van der Waals surface area contributed by atoms with Crippen LogP contribution in [0.4, 0.5) is 0 Å². The van der Waals surface area contributed by atoms with Crippen LogP contribution in [0.5, 0.6) is 0 Å². The van der Waals surface area contributed by atoms with E-state index in [9.17, 15) is 9.59 Å². The molecule has 0 aromatic heterocycles. The summed E-state index contributed by atoms with van der Waals surface area (Å²) in [7, 11) is 0. The smallest absolute Gasteiger partial charge is 0.326 e.